The molecule has 1 aliphatic heterocycles. The third-order valence-electron chi connectivity index (χ3n) is 2.30. The standard InChI is InChI=1S/C10H8N2O/c1-6-8-4-7(5-11)2-3-9(8)12-10(6)13/h2-4,6H,1H3,(H,12,13)/t6-/m1/s1. The summed E-state index contributed by atoms with van der Waals surface area (Å²) in [5, 5.41) is 11.4. The number of fused-ring (bicyclic) bond motifs is 1. The van der Waals surface area contributed by atoms with E-state index in [-0.39, 0.29) is 11.8 Å². The molecule has 0 unspecified atom stereocenters. The fourth-order valence-electron chi connectivity index (χ4n) is 1.49. The van der Waals surface area contributed by atoms with Crippen molar-refractivity contribution in [1.29, 1.82) is 5.26 Å². The van der Waals surface area contributed by atoms with E-state index in [1.807, 2.05) is 6.92 Å². The van der Waals surface area contributed by atoms with E-state index in [0.717, 1.165) is 11.3 Å². The predicted octanol–water partition coefficient (Wildman–Crippen LogP) is 1.61. The lowest BCUT2D eigenvalue weighted by Crippen LogP contribution is -2.08. The first kappa shape index (κ1) is 7.81. The van der Waals surface area contributed by atoms with Gasteiger partial charge in [-0.2, -0.15) is 5.26 Å². The van der Waals surface area contributed by atoms with Crippen LogP contribution in [-0.4, -0.2) is 5.91 Å². The monoisotopic (exact) mass is 172 g/mol. The normalized spacial score (nSPS) is 19.1. The summed E-state index contributed by atoms with van der Waals surface area (Å²) in [4.78, 5) is 11.2. The largest absolute Gasteiger partial charge is 0.325 e. The zero-order valence-electron chi connectivity index (χ0n) is 7.16. The quantitative estimate of drug-likeness (QED) is 0.646. The van der Waals surface area contributed by atoms with Gasteiger partial charge in [0, 0.05) is 5.69 Å². The minimum atomic E-state index is -0.136. The molecule has 1 amide bonds. The maximum Gasteiger partial charge on any atom is 0.231 e. The number of carbonyl (C=O) groups is 1. The van der Waals surface area contributed by atoms with E-state index in [2.05, 4.69) is 11.4 Å². The van der Waals surface area contributed by atoms with Crippen molar-refractivity contribution >= 4 is 11.6 Å². The SMILES string of the molecule is C[C@H]1C(=O)Nc2ccc(C#N)cc21. The highest BCUT2D eigenvalue weighted by atomic mass is 16.2. The van der Waals surface area contributed by atoms with Crippen molar-refractivity contribution in [1.82, 2.24) is 0 Å². The van der Waals surface area contributed by atoms with Crippen molar-refractivity contribution in [2.24, 2.45) is 0 Å². The van der Waals surface area contributed by atoms with Gasteiger partial charge in [-0.1, -0.05) is 0 Å². The Morgan fingerprint density at radius 3 is 3.00 bits per heavy atom. The van der Waals surface area contributed by atoms with E-state index in [4.69, 9.17) is 5.26 Å². The van der Waals surface area contributed by atoms with Gasteiger partial charge in [0.15, 0.2) is 0 Å². The Morgan fingerprint density at radius 1 is 1.54 bits per heavy atom. The summed E-state index contributed by atoms with van der Waals surface area (Å²) < 4.78 is 0. The highest BCUT2D eigenvalue weighted by Gasteiger charge is 2.26. The zero-order chi connectivity index (χ0) is 9.42. The summed E-state index contributed by atoms with van der Waals surface area (Å²) in [6, 6.07) is 7.29. The average molecular weight is 172 g/mol. The summed E-state index contributed by atoms with van der Waals surface area (Å²) in [6.07, 6.45) is 0. The minimum absolute atomic E-state index is 0.00471. The van der Waals surface area contributed by atoms with Crippen molar-refractivity contribution in [3.8, 4) is 6.07 Å². The predicted molar refractivity (Wildman–Crippen MR) is 48.2 cm³/mol. The van der Waals surface area contributed by atoms with E-state index in [9.17, 15) is 4.79 Å². The second-order valence-electron chi connectivity index (χ2n) is 3.12. The average Bonchev–Trinajstić information content (AvgIpc) is 2.43. The van der Waals surface area contributed by atoms with Crippen LogP contribution < -0.4 is 5.32 Å². The second-order valence-corrected chi connectivity index (χ2v) is 3.12. The van der Waals surface area contributed by atoms with Gasteiger partial charge in [0.2, 0.25) is 5.91 Å². The van der Waals surface area contributed by atoms with E-state index >= 15 is 0 Å². The number of carbonyl (C=O) groups excluding carboxylic acids is 1. The number of nitrogens with one attached hydrogen (secondary N) is 1. The van der Waals surface area contributed by atoms with Crippen molar-refractivity contribution in [3.05, 3.63) is 29.3 Å². The molecule has 1 N–H and O–H groups in total. The molecule has 0 saturated carbocycles. The molecular formula is C10H8N2O. The summed E-state index contributed by atoms with van der Waals surface area (Å²) in [5.41, 5.74) is 2.35. The van der Waals surface area contributed by atoms with Gasteiger partial charge in [0.25, 0.3) is 0 Å². The molecule has 64 valence electrons. The van der Waals surface area contributed by atoms with Crippen LogP contribution in [0.2, 0.25) is 0 Å². The van der Waals surface area contributed by atoms with E-state index < -0.39 is 0 Å². The molecule has 0 fully saturated rings. The van der Waals surface area contributed by atoms with Gasteiger partial charge < -0.3 is 5.32 Å². The Bertz CT molecular complexity index is 417. The number of benzene rings is 1. The van der Waals surface area contributed by atoms with E-state index in [0.29, 0.717) is 5.56 Å². The molecule has 1 aliphatic rings. The highest BCUT2D eigenvalue weighted by molar-refractivity contribution is 6.02. The first-order valence-corrected chi connectivity index (χ1v) is 4.07. The Morgan fingerprint density at radius 2 is 2.31 bits per heavy atom. The molecular weight excluding hydrogens is 164 g/mol. The van der Waals surface area contributed by atoms with Gasteiger partial charge in [-0.25, -0.2) is 0 Å². The van der Waals surface area contributed by atoms with Crippen LogP contribution in [0, 0.1) is 11.3 Å². The van der Waals surface area contributed by atoms with Crippen LogP contribution in [0.15, 0.2) is 18.2 Å². The minimum Gasteiger partial charge on any atom is -0.325 e. The molecule has 0 saturated heterocycles. The highest BCUT2D eigenvalue weighted by Crippen LogP contribution is 2.32. The molecule has 13 heavy (non-hydrogen) atoms. The Kier molecular flexibility index (Phi) is 1.56. The molecule has 1 heterocycles. The van der Waals surface area contributed by atoms with Crippen LogP contribution in [0.3, 0.4) is 0 Å². The van der Waals surface area contributed by atoms with Crippen molar-refractivity contribution in [2.45, 2.75) is 12.8 Å². The maximum atomic E-state index is 11.2. The molecule has 0 aromatic heterocycles. The third kappa shape index (κ3) is 1.07. The van der Waals surface area contributed by atoms with Gasteiger partial charge in [-0.15, -0.1) is 0 Å². The first-order chi connectivity index (χ1) is 6.22. The fourth-order valence-corrected chi connectivity index (χ4v) is 1.49. The van der Waals surface area contributed by atoms with Gasteiger partial charge in [-0.3, -0.25) is 4.79 Å². The van der Waals surface area contributed by atoms with Crippen LogP contribution in [0.1, 0.15) is 24.0 Å². The molecule has 3 heteroatoms. The smallest absolute Gasteiger partial charge is 0.231 e. The maximum absolute atomic E-state index is 11.2. The van der Waals surface area contributed by atoms with Crippen LogP contribution in [0.25, 0.3) is 0 Å². The number of anilines is 1. The number of nitrogens with zero attached hydrogens (tertiary/aromatic N) is 1. The van der Waals surface area contributed by atoms with Crippen LogP contribution in [0.4, 0.5) is 5.69 Å². The third-order valence-corrected chi connectivity index (χ3v) is 2.30. The summed E-state index contributed by atoms with van der Waals surface area (Å²) in [7, 11) is 0. The van der Waals surface area contributed by atoms with E-state index in [1.165, 1.54) is 0 Å². The van der Waals surface area contributed by atoms with Crippen LogP contribution in [-0.2, 0) is 4.79 Å². The first-order valence-electron chi connectivity index (χ1n) is 4.07. The molecule has 1 aromatic carbocycles. The van der Waals surface area contributed by atoms with Crippen molar-refractivity contribution in [3.63, 3.8) is 0 Å². The Balaban J connectivity index is 2.55. The molecule has 0 spiro atoms. The number of hydrogen-bond donors (Lipinski definition) is 1. The molecule has 3 nitrogen and oxygen atoms in total. The molecule has 0 bridgehead atoms. The number of hydrogen-bond acceptors (Lipinski definition) is 2. The van der Waals surface area contributed by atoms with Crippen molar-refractivity contribution in [2.75, 3.05) is 5.32 Å². The Hall–Kier alpha value is -1.82. The number of amides is 1. The van der Waals surface area contributed by atoms with Gasteiger partial charge >= 0.3 is 0 Å². The fraction of sp³-hybridized carbons (Fsp3) is 0.200. The zero-order valence-corrected chi connectivity index (χ0v) is 7.16. The lowest BCUT2D eigenvalue weighted by Gasteiger charge is -1.99. The Labute approximate surface area is 76.0 Å². The molecule has 0 radical (unpaired) electrons. The topological polar surface area (TPSA) is 52.9 Å². The summed E-state index contributed by atoms with van der Waals surface area (Å²) in [6.45, 7) is 1.84. The number of nitriles is 1. The molecule has 2 rings (SSSR count). The lowest BCUT2D eigenvalue weighted by atomic mass is 10.0. The van der Waals surface area contributed by atoms with Crippen LogP contribution in [0.5, 0.6) is 0 Å². The second kappa shape index (κ2) is 2.60. The van der Waals surface area contributed by atoms with Gasteiger partial charge in [0.05, 0.1) is 17.6 Å². The summed E-state index contributed by atoms with van der Waals surface area (Å²) >= 11 is 0. The molecule has 0 aliphatic carbocycles. The van der Waals surface area contributed by atoms with Crippen molar-refractivity contribution < 1.29 is 4.79 Å². The van der Waals surface area contributed by atoms with E-state index in [1.54, 1.807) is 18.2 Å². The number of rotatable bonds is 0. The van der Waals surface area contributed by atoms with Crippen LogP contribution >= 0.6 is 0 Å². The molecule has 1 atom stereocenters. The summed E-state index contributed by atoms with van der Waals surface area (Å²) in [5.74, 6) is -0.131. The molecule has 1 aromatic rings. The van der Waals surface area contributed by atoms with Gasteiger partial charge in [0.1, 0.15) is 0 Å². The lowest BCUT2D eigenvalue weighted by molar-refractivity contribution is -0.116. The van der Waals surface area contributed by atoms with Gasteiger partial charge in [-0.05, 0) is 30.7 Å².